The first-order valence-corrected chi connectivity index (χ1v) is 10.8. The van der Waals surface area contributed by atoms with Gasteiger partial charge in [0, 0.05) is 54.3 Å². The summed E-state index contributed by atoms with van der Waals surface area (Å²) in [6.07, 6.45) is 6.51. The second kappa shape index (κ2) is 8.88. The lowest BCUT2D eigenvalue weighted by Crippen LogP contribution is -2.62. The number of hydrogen-bond acceptors (Lipinski definition) is 3. The van der Waals surface area contributed by atoms with Crippen molar-refractivity contribution in [3.8, 4) is 0 Å². The maximum atomic E-state index is 12.6. The molecule has 0 spiro atoms. The van der Waals surface area contributed by atoms with Gasteiger partial charge in [0.25, 0.3) is 0 Å². The fraction of sp³-hybridized carbons (Fsp3) is 0.625. The van der Waals surface area contributed by atoms with Crippen molar-refractivity contribution in [2.24, 2.45) is 0 Å². The molecule has 29 heavy (non-hydrogen) atoms. The molecular weight excluding hydrogens is 362 g/mol. The van der Waals surface area contributed by atoms with Crippen LogP contribution in [0.2, 0.25) is 0 Å². The SMILES string of the molecule is COCCn1cc(CCCC(=O)NC2CC(C)(C)NC(C)(C)C2)c2ccccc21. The molecule has 1 amide bonds. The number of para-hydroxylation sites is 1. The van der Waals surface area contributed by atoms with Gasteiger partial charge in [-0.3, -0.25) is 4.79 Å². The van der Waals surface area contributed by atoms with E-state index in [1.807, 2.05) is 0 Å². The zero-order valence-corrected chi connectivity index (χ0v) is 18.7. The van der Waals surface area contributed by atoms with Gasteiger partial charge in [-0.05, 0) is 65.0 Å². The van der Waals surface area contributed by atoms with Crippen LogP contribution in [0.5, 0.6) is 0 Å². The molecule has 2 heterocycles. The van der Waals surface area contributed by atoms with Crippen molar-refractivity contribution in [3.05, 3.63) is 36.0 Å². The second-order valence-electron chi connectivity index (χ2n) is 9.78. The standard InChI is InChI=1S/C24H37N3O2/c1-23(2)15-19(16-24(3,4)26-23)25-22(28)12-8-9-18-17-27(13-14-29-5)21-11-7-6-10-20(18)21/h6-7,10-11,17,19,26H,8-9,12-16H2,1-5H3,(H,25,28). The Morgan fingerprint density at radius 1 is 1.21 bits per heavy atom. The molecule has 1 aliphatic rings. The average molecular weight is 400 g/mol. The number of carbonyl (C=O) groups excluding carboxylic acids is 1. The number of methoxy groups -OCH3 is 1. The quantitative estimate of drug-likeness (QED) is 0.704. The number of amides is 1. The maximum Gasteiger partial charge on any atom is 0.220 e. The maximum absolute atomic E-state index is 12.6. The number of aromatic nitrogens is 1. The summed E-state index contributed by atoms with van der Waals surface area (Å²) in [5, 5.41) is 8.24. The zero-order chi connectivity index (χ0) is 21.1. The molecule has 0 radical (unpaired) electrons. The molecule has 0 aliphatic carbocycles. The number of piperidine rings is 1. The topological polar surface area (TPSA) is 55.3 Å². The molecule has 0 saturated carbocycles. The highest BCUT2D eigenvalue weighted by Crippen LogP contribution is 2.28. The van der Waals surface area contributed by atoms with Crippen molar-refractivity contribution >= 4 is 16.8 Å². The van der Waals surface area contributed by atoms with E-state index in [0.29, 0.717) is 13.0 Å². The van der Waals surface area contributed by atoms with Gasteiger partial charge in [-0.1, -0.05) is 18.2 Å². The lowest BCUT2D eigenvalue weighted by molar-refractivity contribution is -0.122. The Morgan fingerprint density at radius 2 is 1.90 bits per heavy atom. The van der Waals surface area contributed by atoms with E-state index in [4.69, 9.17) is 4.74 Å². The number of ether oxygens (including phenoxy) is 1. The normalized spacial score (nSPS) is 18.8. The second-order valence-corrected chi connectivity index (χ2v) is 9.78. The van der Waals surface area contributed by atoms with Crippen molar-refractivity contribution in [2.75, 3.05) is 13.7 Å². The fourth-order valence-electron chi connectivity index (χ4n) is 5.06. The highest BCUT2D eigenvalue weighted by atomic mass is 16.5. The molecule has 3 rings (SSSR count). The molecule has 2 N–H and O–H groups in total. The molecule has 1 fully saturated rings. The molecule has 0 atom stereocenters. The summed E-state index contributed by atoms with van der Waals surface area (Å²) in [6, 6.07) is 8.73. The van der Waals surface area contributed by atoms with E-state index in [-0.39, 0.29) is 23.0 Å². The van der Waals surface area contributed by atoms with Gasteiger partial charge in [0.2, 0.25) is 5.91 Å². The third-order valence-electron chi connectivity index (χ3n) is 5.81. The molecule has 1 aromatic carbocycles. The van der Waals surface area contributed by atoms with Crippen LogP contribution in [0.25, 0.3) is 10.9 Å². The van der Waals surface area contributed by atoms with Gasteiger partial charge in [0.15, 0.2) is 0 Å². The lowest BCUT2D eigenvalue weighted by atomic mass is 9.79. The number of carbonyl (C=O) groups is 1. The lowest BCUT2D eigenvalue weighted by Gasteiger charge is -2.46. The number of hydrogen-bond donors (Lipinski definition) is 2. The average Bonchev–Trinajstić information content (AvgIpc) is 2.95. The molecule has 2 aromatic rings. The number of nitrogens with one attached hydrogen (secondary N) is 2. The van der Waals surface area contributed by atoms with Crippen LogP contribution in [0.15, 0.2) is 30.5 Å². The van der Waals surface area contributed by atoms with Crippen LogP contribution in [0.4, 0.5) is 0 Å². The van der Waals surface area contributed by atoms with Gasteiger partial charge in [0.1, 0.15) is 0 Å². The van der Waals surface area contributed by atoms with Crippen LogP contribution >= 0.6 is 0 Å². The minimum absolute atomic E-state index is 0.0454. The predicted molar refractivity (Wildman–Crippen MR) is 119 cm³/mol. The van der Waals surface area contributed by atoms with Crippen molar-refractivity contribution < 1.29 is 9.53 Å². The van der Waals surface area contributed by atoms with E-state index in [2.05, 4.69) is 73.4 Å². The van der Waals surface area contributed by atoms with Crippen molar-refractivity contribution in [2.45, 2.75) is 83.5 Å². The molecule has 0 unspecified atom stereocenters. The van der Waals surface area contributed by atoms with Crippen molar-refractivity contribution in [1.29, 1.82) is 0 Å². The highest BCUT2D eigenvalue weighted by molar-refractivity contribution is 5.84. The minimum Gasteiger partial charge on any atom is -0.383 e. The number of rotatable bonds is 8. The molecular formula is C24H37N3O2. The third kappa shape index (κ3) is 5.83. The van der Waals surface area contributed by atoms with Gasteiger partial charge < -0.3 is 19.9 Å². The van der Waals surface area contributed by atoms with E-state index >= 15 is 0 Å². The summed E-state index contributed by atoms with van der Waals surface area (Å²) < 4.78 is 7.50. The number of aryl methyl sites for hydroxylation is 1. The van der Waals surface area contributed by atoms with Gasteiger partial charge >= 0.3 is 0 Å². The summed E-state index contributed by atoms with van der Waals surface area (Å²) in [7, 11) is 1.73. The Hall–Kier alpha value is -1.85. The molecule has 5 heteroatoms. The molecule has 0 bridgehead atoms. The summed E-state index contributed by atoms with van der Waals surface area (Å²) in [4.78, 5) is 12.6. The summed E-state index contributed by atoms with van der Waals surface area (Å²) >= 11 is 0. The number of benzene rings is 1. The monoisotopic (exact) mass is 399 g/mol. The Morgan fingerprint density at radius 3 is 2.59 bits per heavy atom. The Labute approximate surface area is 175 Å². The van der Waals surface area contributed by atoms with E-state index in [9.17, 15) is 4.79 Å². The molecule has 5 nitrogen and oxygen atoms in total. The highest BCUT2D eigenvalue weighted by Gasteiger charge is 2.38. The Kier molecular flexibility index (Phi) is 6.69. The molecule has 1 aliphatic heterocycles. The summed E-state index contributed by atoms with van der Waals surface area (Å²) in [6.45, 7) is 10.4. The Balaban J connectivity index is 1.55. The smallest absolute Gasteiger partial charge is 0.220 e. The zero-order valence-electron chi connectivity index (χ0n) is 18.7. The first kappa shape index (κ1) is 21.8. The van der Waals surface area contributed by atoms with Crippen molar-refractivity contribution in [1.82, 2.24) is 15.2 Å². The largest absolute Gasteiger partial charge is 0.383 e. The van der Waals surface area contributed by atoms with Gasteiger partial charge in [-0.2, -0.15) is 0 Å². The van der Waals surface area contributed by atoms with Gasteiger partial charge in [0.05, 0.1) is 6.61 Å². The van der Waals surface area contributed by atoms with Crippen LogP contribution < -0.4 is 10.6 Å². The predicted octanol–water partition coefficient (Wildman–Crippen LogP) is 4.04. The molecule has 160 valence electrons. The van der Waals surface area contributed by atoms with E-state index in [0.717, 1.165) is 32.2 Å². The molecule has 1 saturated heterocycles. The van der Waals surface area contributed by atoms with Gasteiger partial charge in [-0.25, -0.2) is 0 Å². The van der Waals surface area contributed by atoms with Gasteiger partial charge in [-0.15, -0.1) is 0 Å². The first-order chi connectivity index (χ1) is 13.7. The van der Waals surface area contributed by atoms with Crippen molar-refractivity contribution in [3.63, 3.8) is 0 Å². The minimum atomic E-state index is 0.0454. The first-order valence-electron chi connectivity index (χ1n) is 10.8. The van der Waals surface area contributed by atoms with Crippen LogP contribution in [0, 0.1) is 0 Å². The van der Waals surface area contributed by atoms with Crippen LogP contribution in [0.1, 0.15) is 58.9 Å². The van der Waals surface area contributed by atoms with Crippen LogP contribution in [0.3, 0.4) is 0 Å². The van der Waals surface area contributed by atoms with E-state index in [1.54, 1.807) is 7.11 Å². The third-order valence-corrected chi connectivity index (χ3v) is 5.81. The Bertz CT molecular complexity index is 822. The summed E-state index contributed by atoms with van der Waals surface area (Å²) in [5.74, 6) is 0.173. The van der Waals surface area contributed by atoms with E-state index < -0.39 is 0 Å². The number of nitrogens with zero attached hydrogens (tertiary/aromatic N) is 1. The van der Waals surface area contributed by atoms with Crippen LogP contribution in [-0.2, 0) is 22.5 Å². The van der Waals surface area contributed by atoms with E-state index in [1.165, 1.54) is 16.5 Å². The summed E-state index contributed by atoms with van der Waals surface area (Å²) in [5.41, 5.74) is 2.64. The molecule has 1 aromatic heterocycles. The fourth-order valence-corrected chi connectivity index (χ4v) is 5.06. The van der Waals surface area contributed by atoms with Crippen LogP contribution in [-0.4, -0.2) is 41.3 Å². The number of fused-ring (bicyclic) bond motifs is 1.